The van der Waals surface area contributed by atoms with Gasteiger partial charge in [0.2, 0.25) is 5.91 Å². The summed E-state index contributed by atoms with van der Waals surface area (Å²) in [4.78, 5) is 38.4. The second kappa shape index (κ2) is 10.1. The molecule has 2 aliphatic rings. The monoisotopic (exact) mass is 459 g/mol. The van der Waals surface area contributed by atoms with Gasteiger partial charge < -0.3 is 15.4 Å². The van der Waals surface area contributed by atoms with Crippen molar-refractivity contribution < 1.29 is 19.1 Å². The van der Waals surface area contributed by atoms with Gasteiger partial charge in [0.15, 0.2) is 5.11 Å². The number of likely N-dealkylation sites (tertiary alicyclic amines) is 1. The molecule has 2 aromatic rings. The van der Waals surface area contributed by atoms with E-state index >= 15 is 0 Å². The van der Waals surface area contributed by atoms with Crippen LogP contribution >= 0.6 is 12.2 Å². The van der Waals surface area contributed by atoms with Crippen molar-refractivity contribution in [2.75, 3.05) is 11.9 Å². The molecule has 33 heavy (non-hydrogen) atoms. The molecule has 1 fully saturated rings. The lowest BCUT2D eigenvalue weighted by molar-refractivity contribution is -0.140. The summed E-state index contributed by atoms with van der Waals surface area (Å²) in [7, 11) is 0. The predicted octanol–water partition coefficient (Wildman–Crippen LogP) is 3.26. The quantitative estimate of drug-likeness (QED) is 0.509. The van der Waals surface area contributed by atoms with E-state index in [0.717, 1.165) is 10.5 Å². The summed E-state index contributed by atoms with van der Waals surface area (Å²) in [6.45, 7) is 0.00410. The van der Waals surface area contributed by atoms with E-state index in [1.54, 1.807) is 36.4 Å². The second-order valence-corrected chi connectivity index (χ2v) is 7.77. The lowest BCUT2D eigenvalue weighted by Gasteiger charge is -2.15. The topological polar surface area (TPSA) is 87.7 Å². The van der Waals surface area contributed by atoms with E-state index in [1.807, 2.05) is 42.5 Å². The van der Waals surface area contributed by atoms with Gasteiger partial charge in [-0.15, -0.1) is 0 Å². The Kier molecular flexibility index (Phi) is 6.75. The first-order chi connectivity index (χ1) is 16.0. The standard InChI is InChI=1S/C25H21N3O4S/c29-22(15-28-23(30)20-12-5-2-6-13-21(20)24(28)31)27-25(33)26-18-10-7-11-19(14-18)32-16-17-8-3-1-4-9-17/h1-5,7-14H,6,15-16H2,(H2,26,27,29,33). The van der Waals surface area contributed by atoms with Gasteiger partial charge in [-0.1, -0.05) is 54.6 Å². The number of thiocarbonyl (C=S) groups is 1. The Morgan fingerprint density at radius 1 is 1.03 bits per heavy atom. The number of nitrogens with zero attached hydrogens (tertiary/aromatic N) is 1. The number of amides is 3. The maximum atomic E-state index is 12.5. The normalized spacial score (nSPS) is 14.7. The Labute approximate surface area is 196 Å². The van der Waals surface area contributed by atoms with E-state index in [-0.39, 0.29) is 5.11 Å². The zero-order valence-corrected chi connectivity index (χ0v) is 18.4. The average Bonchev–Trinajstić information content (AvgIpc) is 2.97. The summed E-state index contributed by atoms with van der Waals surface area (Å²) in [5.74, 6) is -0.901. The highest BCUT2D eigenvalue weighted by Gasteiger charge is 2.39. The van der Waals surface area contributed by atoms with Crippen LogP contribution in [0, 0.1) is 0 Å². The molecule has 0 spiro atoms. The molecule has 0 radical (unpaired) electrons. The van der Waals surface area contributed by atoms with Crippen molar-refractivity contribution in [1.82, 2.24) is 10.2 Å². The number of nitrogens with one attached hydrogen (secondary N) is 2. The summed E-state index contributed by atoms with van der Waals surface area (Å²) in [5, 5.41) is 5.48. The number of ether oxygens (including phenoxy) is 1. The summed E-state index contributed by atoms with van der Waals surface area (Å²) < 4.78 is 5.80. The van der Waals surface area contributed by atoms with Crippen LogP contribution in [0.25, 0.3) is 0 Å². The summed E-state index contributed by atoms with van der Waals surface area (Å²) in [6.07, 6.45) is 7.41. The first kappa shape index (κ1) is 22.2. The summed E-state index contributed by atoms with van der Waals surface area (Å²) >= 11 is 5.21. The smallest absolute Gasteiger partial charge is 0.262 e. The van der Waals surface area contributed by atoms with Gasteiger partial charge in [0, 0.05) is 17.3 Å². The Morgan fingerprint density at radius 2 is 1.82 bits per heavy atom. The molecule has 0 atom stereocenters. The van der Waals surface area contributed by atoms with Gasteiger partial charge in [0.05, 0.1) is 5.57 Å². The van der Waals surface area contributed by atoms with Crippen molar-refractivity contribution in [2.24, 2.45) is 0 Å². The lowest BCUT2D eigenvalue weighted by Crippen LogP contribution is -2.43. The van der Waals surface area contributed by atoms with Crippen molar-refractivity contribution in [3.63, 3.8) is 0 Å². The second-order valence-electron chi connectivity index (χ2n) is 7.36. The molecule has 0 bridgehead atoms. The molecule has 8 heteroatoms. The Balaban J connectivity index is 1.31. The molecule has 4 rings (SSSR count). The first-order valence-electron chi connectivity index (χ1n) is 10.3. The van der Waals surface area contributed by atoms with Crippen molar-refractivity contribution in [2.45, 2.75) is 13.0 Å². The zero-order chi connectivity index (χ0) is 23.2. The third kappa shape index (κ3) is 5.42. The number of benzene rings is 2. The number of carbonyl (C=O) groups excluding carboxylic acids is 3. The van der Waals surface area contributed by atoms with E-state index in [1.165, 1.54) is 0 Å². The lowest BCUT2D eigenvalue weighted by atomic mass is 10.1. The van der Waals surface area contributed by atoms with E-state index in [2.05, 4.69) is 10.6 Å². The fourth-order valence-electron chi connectivity index (χ4n) is 3.42. The van der Waals surface area contributed by atoms with Crippen LogP contribution in [0.1, 0.15) is 12.0 Å². The fraction of sp³-hybridized carbons (Fsp3) is 0.120. The Bertz CT molecular complexity index is 1200. The number of hydrogen-bond acceptors (Lipinski definition) is 5. The minimum atomic E-state index is -0.570. The number of anilines is 1. The minimum Gasteiger partial charge on any atom is -0.489 e. The largest absolute Gasteiger partial charge is 0.489 e. The molecule has 2 N–H and O–H groups in total. The molecule has 0 aromatic heterocycles. The van der Waals surface area contributed by atoms with E-state index in [4.69, 9.17) is 17.0 Å². The van der Waals surface area contributed by atoms with Gasteiger partial charge in [-0.2, -0.15) is 0 Å². The summed E-state index contributed by atoms with van der Waals surface area (Å²) in [6, 6.07) is 16.9. The van der Waals surface area contributed by atoms with Gasteiger partial charge in [-0.25, -0.2) is 0 Å². The molecule has 3 amide bonds. The molecule has 1 aliphatic carbocycles. The van der Waals surface area contributed by atoms with Crippen LogP contribution in [0.3, 0.4) is 0 Å². The number of imide groups is 1. The predicted molar refractivity (Wildman–Crippen MR) is 128 cm³/mol. The average molecular weight is 460 g/mol. The number of hydrogen-bond donors (Lipinski definition) is 2. The number of rotatable bonds is 6. The van der Waals surface area contributed by atoms with Crippen LogP contribution in [-0.4, -0.2) is 34.3 Å². The highest BCUT2D eigenvalue weighted by molar-refractivity contribution is 7.80. The molecular formula is C25H21N3O4S. The number of allylic oxidation sites excluding steroid dienone is 4. The first-order valence-corrected chi connectivity index (χ1v) is 10.7. The number of fused-ring (bicyclic) bond motifs is 1. The molecule has 2 aromatic carbocycles. The Hall–Kier alpha value is -4.04. The van der Waals surface area contributed by atoms with Gasteiger partial charge in [0.1, 0.15) is 18.9 Å². The molecule has 0 saturated carbocycles. The zero-order valence-electron chi connectivity index (χ0n) is 17.6. The van der Waals surface area contributed by atoms with Gasteiger partial charge in [0.25, 0.3) is 11.8 Å². The van der Waals surface area contributed by atoms with Crippen molar-refractivity contribution in [3.05, 3.63) is 95.6 Å². The van der Waals surface area contributed by atoms with Crippen molar-refractivity contribution >= 4 is 40.7 Å². The SMILES string of the molecule is O=C(CN1C(=O)C2=CC=CCC=C2C1=O)NC(=S)Nc1cccc(OCc2ccccc2)c1. The van der Waals surface area contributed by atoms with Gasteiger partial charge >= 0.3 is 0 Å². The van der Waals surface area contributed by atoms with Crippen LogP contribution < -0.4 is 15.4 Å². The maximum Gasteiger partial charge on any atom is 0.262 e. The highest BCUT2D eigenvalue weighted by Crippen LogP contribution is 2.27. The molecule has 1 saturated heterocycles. The highest BCUT2D eigenvalue weighted by atomic mass is 32.1. The molecule has 166 valence electrons. The molecule has 0 unspecified atom stereocenters. The minimum absolute atomic E-state index is 0.0508. The number of carbonyl (C=O) groups is 3. The Morgan fingerprint density at radius 3 is 2.64 bits per heavy atom. The van der Waals surface area contributed by atoms with E-state index in [0.29, 0.717) is 35.6 Å². The van der Waals surface area contributed by atoms with Crippen LogP contribution in [0.5, 0.6) is 5.75 Å². The van der Waals surface area contributed by atoms with Crippen LogP contribution in [0.4, 0.5) is 5.69 Å². The van der Waals surface area contributed by atoms with Crippen LogP contribution in [0.15, 0.2) is 90.0 Å². The third-order valence-corrected chi connectivity index (χ3v) is 5.20. The van der Waals surface area contributed by atoms with Gasteiger partial charge in [-0.05, 0) is 42.4 Å². The fourth-order valence-corrected chi connectivity index (χ4v) is 3.65. The maximum absolute atomic E-state index is 12.5. The van der Waals surface area contributed by atoms with Crippen molar-refractivity contribution in [1.29, 1.82) is 0 Å². The molecule has 1 heterocycles. The van der Waals surface area contributed by atoms with Gasteiger partial charge in [-0.3, -0.25) is 19.3 Å². The third-order valence-electron chi connectivity index (χ3n) is 4.99. The molecule has 7 nitrogen and oxygen atoms in total. The molecule has 1 aliphatic heterocycles. The summed E-state index contributed by atoms with van der Waals surface area (Å²) in [5.41, 5.74) is 2.30. The van der Waals surface area contributed by atoms with Crippen LogP contribution in [-0.2, 0) is 21.0 Å². The van der Waals surface area contributed by atoms with E-state index < -0.39 is 24.3 Å². The van der Waals surface area contributed by atoms with E-state index in [9.17, 15) is 14.4 Å². The molecular weight excluding hydrogens is 438 g/mol. The van der Waals surface area contributed by atoms with Crippen LogP contribution in [0.2, 0.25) is 0 Å². The van der Waals surface area contributed by atoms with Crippen molar-refractivity contribution in [3.8, 4) is 5.75 Å².